The fourth-order valence-corrected chi connectivity index (χ4v) is 2.09. The summed E-state index contributed by atoms with van der Waals surface area (Å²) in [4.78, 5) is 11.9. The first-order valence-electron chi connectivity index (χ1n) is 7.07. The first-order chi connectivity index (χ1) is 11.0. The average molecular weight is 316 g/mol. The number of aromatic hydroxyl groups is 1. The van der Waals surface area contributed by atoms with Crippen molar-refractivity contribution in [3.05, 3.63) is 58.9 Å². The fourth-order valence-electron chi connectivity index (χ4n) is 2.09. The van der Waals surface area contributed by atoms with Crippen LogP contribution in [0.5, 0.6) is 11.5 Å². The first-order valence-corrected chi connectivity index (χ1v) is 7.07. The molecule has 2 aromatic rings. The molecule has 1 N–H and O–H groups in total. The fraction of sp³-hybridized carbons (Fsp3) is 0.167. The zero-order valence-electron chi connectivity index (χ0n) is 12.9. The molecule has 0 aliphatic rings. The Labute approximate surface area is 133 Å². The lowest BCUT2D eigenvalue weighted by Gasteiger charge is -2.10. The molecule has 0 unspecified atom stereocenters. The number of ether oxygens (including phenoxy) is 2. The van der Waals surface area contributed by atoms with Crippen LogP contribution in [0.3, 0.4) is 0 Å². The number of benzene rings is 2. The van der Waals surface area contributed by atoms with Crippen molar-refractivity contribution in [2.75, 3.05) is 13.7 Å². The molecule has 0 heterocycles. The van der Waals surface area contributed by atoms with Crippen LogP contribution in [0.1, 0.15) is 28.4 Å². The highest BCUT2D eigenvalue weighted by molar-refractivity contribution is 5.98. The van der Waals surface area contributed by atoms with Gasteiger partial charge in [-0.2, -0.15) is 0 Å². The van der Waals surface area contributed by atoms with E-state index in [0.717, 1.165) is 5.56 Å². The van der Waals surface area contributed by atoms with Crippen LogP contribution in [-0.2, 0) is 4.74 Å². The van der Waals surface area contributed by atoms with Crippen molar-refractivity contribution in [1.29, 1.82) is 0 Å². The van der Waals surface area contributed by atoms with Gasteiger partial charge in [0, 0.05) is 6.07 Å². The molecule has 5 heteroatoms. The first kappa shape index (κ1) is 16.5. The molecular formula is C18H17FO4. The Morgan fingerprint density at radius 2 is 1.91 bits per heavy atom. The van der Waals surface area contributed by atoms with Crippen LogP contribution in [0.4, 0.5) is 4.39 Å². The minimum Gasteiger partial charge on any atom is -0.507 e. The van der Waals surface area contributed by atoms with Gasteiger partial charge in [-0.1, -0.05) is 24.3 Å². The summed E-state index contributed by atoms with van der Waals surface area (Å²) >= 11 is 0. The van der Waals surface area contributed by atoms with Crippen molar-refractivity contribution in [1.82, 2.24) is 0 Å². The van der Waals surface area contributed by atoms with Crippen LogP contribution >= 0.6 is 0 Å². The van der Waals surface area contributed by atoms with Crippen molar-refractivity contribution in [2.45, 2.75) is 6.92 Å². The number of phenols is 1. The molecule has 4 nitrogen and oxygen atoms in total. The highest BCUT2D eigenvalue weighted by Gasteiger charge is 2.17. The second-order valence-corrected chi connectivity index (χ2v) is 4.72. The Morgan fingerprint density at radius 3 is 2.52 bits per heavy atom. The van der Waals surface area contributed by atoms with Crippen LogP contribution in [0, 0.1) is 5.82 Å². The van der Waals surface area contributed by atoms with Crippen molar-refractivity contribution in [2.24, 2.45) is 0 Å². The summed E-state index contributed by atoms with van der Waals surface area (Å²) in [7, 11) is 1.24. The molecule has 23 heavy (non-hydrogen) atoms. The molecule has 0 fully saturated rings. The quantitative estimate of drug-likeness (QED) is 0.671. The van der Waals surface area contributed by atoms with Crippen LogP contribution < -0.4 is 4.74 Å². The highest BCUT2D eigenvalue weighted by atomic mass is 19.1. The smallest absolute Gasteiger partial charge is 0.342 e. The molecule has 0 spiro atoms. The Kier molecular flexibility index (Phi) is 5.36. The Bertz CT molecular complexity index is 721. The number of halogens is 1. The van der Waals surface area contributed by atoms with Crippen molar-refractivity contribution < 1.29 is 23.8 Å². The topological polar surface area (TPSA) is 55.8 Å². The van der Waals surface area contributed by atoms with E-state index in [1.54, 1.807) is 30.4 Å². The van der Waals surface area contributed by atoms with E-state index >= 15 is 0 Å². The van der Waals surface area contributed by atoms with Gasteiger partial charge < -0.3 is 14.6 Å². The minimum atomic E-state index is -0.649. The molecule has 0 bridgehead atoms. The van der Waals surface area contributed by atoms with Gasteiger partial charge in [0.15, 0.2) is 0 Å². The lowest BCUT2D eigenvalue weighted by atomic mass is 10.0. The van der Waals surface area contributed by atoms with Crippen LogP contribution in [0.2, 0.25) is 0 Å². The van der Waals surface area contributed by atoms with E-state index in [1.807, 2.05) is 6.92 Å². The number of esters is 1. The van der Waals surface area contributed by atoms with Crippen LogP contribution in [0.15, 0.2) is 36.4 Å². The lowest BCUT2D eigenvalue weighted by Crippen LogP contribution is -2.05. The Balaban J connectivity index is 2.44. The van der Waals surface area contributed by atoms with Gasteiger partial charge >= 0.3 is 5.97 Å². The van der Waals surface area contributed by atoms with Crippen molar-refractivity contribution in [3.63, 3.8) is 0 Å². The zero-order chi connectivity index (χ0) is 16.8. The van der Waals surface area contributed by atoms with Gasteiger partial charge in [-0.15, -0.1) is 0 Å². The Hall–Kier alpha value is -2.82. The predicted molar refractivity (Wildman–Crippen MR) is 85.9 cm³/mol. The highest BCUT2D eigenvalue weighted by Crippen LogP contribution is 2.30. The second-order valence-electron chi connectivity index (χ2n) is 4.72. The SMILES string of the molecule is CCOc1cc(O)c(C(=O)OC)c(/C=C/c2ccc(F)cc2)c1. The van der Waals surface area contributed by atoms with E-state index in [1.165, 1.54) is 25.3 Å². The molecule has 0 aliphatic carbocycles. The molecule has 2 aromatic carbocycles. The summed E-state index contributed by atoms with van der Waals surface area (Å²) in [5.41, 5.74) is 1.25. The largest absolute Gasteiger partial charge is 0.507 e. The maximum absolute atomic E-state index is 12.9. The summed E-state index contributed by atoms with van der Waals surface area (Å²) < 4.78 is 23.0. The summed E-state index contributed by atoms with van der Waals surface area (Å²) in [5.74, 6) is -0.754. The molecule has 0 saturated carbocycles. The molecule has 0 saturated heterocycles. The van der Waals surface area contributed by atoms with Gasteiger partial charge in [-0.3, -0.25) is 0 Å². The van der Waals surface area contributed by atoms with Gasteiger partial charge in [0.1, 0.15) is 22.9 Å². The van der Waals surface area contributed by atoms with Gasteiger partial charge in [0.05, 0.1) is 13.7 Å². The third-order valence-corrected chi connectivity index (χ3v) is 3.15. The number of rotatable bonds is 5. The van der Waals surface area contributed by atoms with Gasteiger partial charge in [-0.25, -0.2) is 9.18 Å². The third kappa shape index (κ3) is 4.10. The molecule has 0 radical (unpaired) electrons. The van der Waals surface area contributed by atoms with E-state index in [0.29, 0.717) is 17.9 Å². The lowest BCUT2D eigenvalue weighted by molar-refractivity contribution is 0.0597. The molecule has 0 amide bonds. The third-order valence-electron chi connectivity index (χ3n) is 3.15. The Morgan fingerprint density at radius 1 is 1.22 bits per heavy atom. The van der Waals surface area contributed by atoms with E-state index in [2.05, 4.69) is 0 Å². The maximum atomic E-state index is 12.9. The van der Waals surface area contributed by atoms with E-state index < -0.39 is 5.97 Å². The van der Waals surface area contributed by atoms with Gasteiger partial charge in [0.2, 0.25) is 0 Å². The monoisotopic (exact) mass is 316 g/mol. The van der Waals surface area contributed by atoms with Crippen molar-refractivity contribution >= 4 is 18.1 Å². The number of hydrogen-bond donors (Lipinski definition) is 1. The summed E-state index contributed by atoms with van der Waals surface area (Å²) in [6.45, 7) is 2.25. The number of phenolic OH excluding ortho intramolecular Hbond substituents is 1. The molecule has 0 aromatic heterocycles. The van der Waals surface area contributed by atoms with E-state index in [9.17, 15) is 14.3 Å². The normalized spacial score (nSPS) is 10.7. The molecule has 0 aliphatic heterocycles. The van der Waals surface area contributed by atoms with E-state index in [-0.39, 0.29) is 17.1 Å². The molecular weight excluding hydrogens is 299 g/mol. The van der Waals surface area contributed by atoms with Crippen LogP contribution in [0.25, 0.3) is 12.2 Å². The summed E-state index contributed by atoms with van der Waals surface area (Å²) in [6.07, 6.45) is 3.35. The standard InChI is InChI=1S/C18H17FO4/c1-3-23-15-10-13(17(16(20)11-15)18(21)22-2)7-4-12-5-8-14(19)9-6-12/h4-11,20H,3H2,1-2H3/b7-4+. The number of methoxy groups -OCH3 is 1. The van der Waals surface area contributed by atoms with Gasteiger partial charge in [0.25, 0.3) is 0 Å². The molecule has 2 rings (SSSR count). The number of carbonyl (C=O) groups excluding carboxylic acids is 1. The number of hydrogen-bond acceptors (Lipinski definition) is 4. The maximum Gasteiger partial charge on any atom is 0.342 e. The molecule has 120 valence electrons. The van der Waals surface area contributed by atoms with Gasteiger partial charge in [-0.05, 0) is 36.2 Å². The van der Waals surface area contributed by atoms with E-state index in [4.69, 9.17) is 9.47 Å². The number of carbonyl (C=O) groups is 1. The summed E-state index contributed by atoms with van der Waals surface area (Å²) in [5, 5.41) is 10.1. The second kappa shape index (κ2) is 7.45. The van der Waals surface area contributed by atoms with Crippen LogP contribution in [-0.4, -0.2) is 24.8 Å². The summed E-state index contributed by atoms with van der Waals surface area (Å²) in [6, 6.07) is 8.90. The molecule has 0 atom stereocenters. The predicted octanol–water partition coefficient (Wildman–Crippen LogP) is 3.89. The zero-order valence-corrected chi connectivity index (χ0v) is 12.9. The van der Waals surface area contributed by atoms with Crippen molar-refractivity contribution in [3.8, 4) is 11.5 Å². The average Bonchev–Trinajstić information content (AvgIpc) is 2.53. The minimum absolute atomic E-state index is 0.0503.